The molecule has 0 bridgehead atoms. The van der Waals surface area contributed by atoms with Gasteiger partial charge in [0.25, 0.3) is 5.91 Å². The fourth-order valence-corrected chi connectivity index (χ4v) is 4.68. The summed E-state index contributed by atoms with van der Waals surface area (Å²) in [5.41, 5.74) is 1.60. The summed E-state index contributed by atoms with van der Waals surface area (Å²) in [6, 6.07) is 13.2. The molecule has 1 amide bonds. The predicted octanol–water partition coefficient (Wildman–Crippen LogP) is 4.56. The standard InChI is InChI=1S/C19H17Cl2N3OS/c20-14-9-13(10-15(21)11-14)19(25)24-7-5-23(6-8-24)12-18-22-16-3-1-2-4-17(16)26-18/h1-4,9-11H,5-8,12H2. The van der Waals surface area contributed by atoms with Gasteiger partial charge in [-0.25, -0.2) is 4.98 Å². The van der Waals surface area contributed by atoms with Crippen LogP contribution in [-0.2, 0) is 6.54 Å². The van der Waals surface area contributed by atoms with Gasteiger partial charge in [-0.05, 0) is 30.3 Å². The lowest BCUT2D eigenvalue weighted by Gasteiger charge is -2.34. The maximum atomic E-state index is 12.7. The number of benzene rings is 2. The molecule has 1 fully saturated rings. The molecule has 4 rings (SSSR count). The van der Waals surface area contributed by atoms with Crippen LogP contribution in [0, 0.1) is 0 Å². The number of nitrogens with zero attached hydrogens (tertiary/aromatic N) is 3. The number of carbonyl (C=O) groups is 1. The molecule has 7 heteroatoms. The number of piperazine rings is 1. The van der Waals surface area contributed by atoms with Crippen LogP contribution in [0.2, 0.25) is 10.0 Å². The van der Waals surface area contributed by atoms with E-state index in [2.05, 4.69) is 11.0 Å². The second-order valence-electron chi connectivity index (χ2n) is 6.30. The average Bonchev–Trinajstić information content (AvgIpc) is 3.03. The van der Waals surface area contributed by atoms with E-state index < -0.39 is 0 Å². The predicted molar refractivity (Wildman–Crippen MR) is 107 cm³/mol. The Morgan fingerprint density at radius 1 is 1.04 bits per heavy atom. The summed E-state index contributed by atoms with van der Waals surface area (Å²) < 4.78 is 1.22. The lowest BCUT2D eigenvalue weighted by atomic mass is 10.2. The molecule has 0 N–H and O–H groups in total. The highest BCUT2D eigenvalue weighted by molar-refractivity contribution is 7.18. The maximum absolute atomic E-state index is 12.7. The van der Waals surface area contributed by atoms with Crippen molar-refractivity contribution >= 4 is 50.7 Å². The van der Waals surface area contributed by atoms with Gasteiger partial charge in [0, 0.05) is 41.8 Å². The van der Waals surface area contributed by atoms with Gasteiger partial charge in [-0.3, -0.25) is 9.69 Å². The minimum absolute atomic E-state index is 0.0194. The van der Waals surface area contributed by atoms with E-state index in [-0.39, 0.29) is 5.91 Å². The molecule has 0 aliphatic carbocycles. The third kappa shape index (κ3) is 3.86. The molecule has 1 saturated heterocycles. The van der Waals surface area contributed by atoms with E-state index in [1.807, 2.05) is 23.1 Å². The molecule has 0 saturated carbocycles. The molecule has 0 atom stereocenters. The Morgan fingerprint density at radius 2 is 1.73 bits per heavy atom. The Kier molecular flexibility index (Phi) is 5.14. The minimum Gasteiger partial charge on any atom is -0.336 e. The minimum atomic E-state index is -0.0194. The zero-order valence-electron chi connectivity index (χ0n) is 14.0. The van der Waals surface area contributed by atoms with Crippen molar-refractivity contribution in [1.82, 2.24) is 14.8 Å². The Morgan fingerprint density at radius 3 is 2.42 bits per heavy atom. The number of hydrogen-bond donors (Lipinski definition) is 0. The average molecular weight is 406 g/mol. The molecule has 1 aliphatic heterocycles. The largest absolute Gasteiger partial charge is 0.336 e. The SMILES string of the molecule is O=C(c1cc(Cl)cc(Cl)c1)N1CCN(Cc2nc3ccccc3s2)CC1. The third-order valence-corrected chi connectivity index (χ3v) is 5.92. The Hall–Kier alpha value is -1.66. The number of carbonyl (C=O) groups excluding carboxylic acids is 1. The first kappa shape index (κ1) is 17.7. The van der Waals surface area contributed by atoms with E-state index in [9.17, 15) is 4.79 Å². The fourth-order valence-electron chi connectivity index (χ4n) is 3.15. The van der Waals surface area contributed by atoms with E-state index in [0.29, 0.717) is 28.7 Å². The van der Waals surface area contributed by atoms with Crippen molar-refractivity contribution in [2.45, 2.75) is 6.54 Å². The molecular weight excluding hydrogens is 389 g/mol. The van der Waals surface area contributed by atoms with Crippen LogP contribution in [0.25, 0.3) is 10.2 Å². The molecule has 2 heterocycles. The molecular formula is C19H17Cl2N3OS. The van der Waals surface area contributed by atoms with Crippen molar-refractivity contribution in [3.63, 3.8) is 0 Å². The van der Waals surface area contributed by atoms with Crippen LogP contribution in [0.5, 0.6) is 0 Å². The number of halogens is 2. The molecule has 0 unspecified atom stereocenters. The van der Waals surface area contributed by atoms with Gasteiger partial charge in [0.1, 0.15) is 5.01 Å². The van der Waals surface area contributed by atoms with E-state index in [0.717, 1.165) is 30.2 Å². The van der Waals surface area contributed by atoms with Crippen molar-refractivity contribution in [2.24, 2.45) is 0 Å². The number of fused-ring (bicyclic) bond motifs is 1. The summed E-state index contributed by atoms with van der Waals surface area (Å²) in [6.45, 7) is 3.86. The molecule has 1 aliphatic rings. The number of amides is 1. The maximum Gasteiger partial charge on any atom is 0.254 e. The summed E-state index contributed by atoms with van der Waals surface area (Å²) in [5, 5.41) is 2.08. The zero-order chi connectivity index (χ0) is 18.1. The Bertz CT molecular complexity index is 898. The first-order valence-electron chi connectivity index (χ1n) is 8.41. The second-order valence-corrected chi connectivity index (χ2v) is 8.29. The normalized spacial score (nSPS) is 15.5. The Labute approximate surface area is 166 Å². The molecule has 26 heavy (non-hydrogen) atoms. The van der Waals surface area contributed by atoms with E-state index in [4.69, 9.17) is 28.2 Å². The highest BCUT2D eigenvalue weighted by atomic mass is 35.5. The number of rotatable bonds is 3. The Balaban J connectivity index is 1.38. The van der Waals surface area contributed by atoms with E-state index in [1.54, 1.807) is 29.5 Å². The van der Waals surface area contributed by atoms with Gasteiger partial charge >= 0.3 is 0 Å². The summed E-state index contributed by atoms with van der Waals surface area (Å²) >= 11 is 13.8. The van der Waals surface area contributed by atoms with Crippen LogP contribution in [0.1, 0.15) is 15.4 Å². The highest BCUT2D eigenvalue weighted by Gasteiger charge is 2.23. The fraction of sp³-hybridized carbons (Fsp3) is 0.263. The van der Waals surface area contributed by atoms with Crippen molar-refractivity contribution in [3.8, 4) is 0 Å². The summed E-state index contributed by atoms with van der Waals surface area (Å²) in [4.78, 5) is 21.6. The van der Waals surface area contributed by atoms with Crippen molar-refractivity contribution < 1.29 is 4.79 Å². The second kappa shape index (κ2) is 7.53. The molecule has 1 aromatic heterocycles. The number of thiazole rings is 1. The van der Waals surface area contributed by atoms with Crippen molar-refractivity contribution in [1.29, 1.82) is 0 Å². The third-order valence-electron chi connectivity index (χ3n) is 4.47. The molecule has 134 valence electrons. The van der Waals surface area contributed by atoms with Crippen LogP contribution in [0.4, 0.5) is 0 Å². The van der Waals surface area contributed by atoms with Crippen LogP contribution in [-0.4, -0.2) is 46.9 Å². The van der Waals surface area contributed by atoms with Gasteiger partial charge < -0.3 is 4.90 Å². The van der Waals surface area contributed by atoms with Gasteiger partial charge in [-0.15, -0.1) is 11.3 Å². The lowest BCUT2D eigenvalue weighted by molar-refractivity contribution is 0.0628. The van der Waals surface area contributed by atoms with Gasteiger partial charge in [-0.2, -0.15) is 0 Å². The first-order chi connectivity index (χ1) is 12.6. The highest BCUT2D eigenvalue weighted by Crippen LogP contribution is 2.24. The van der Waals surface area contributed by atoms with Crippen LogP contribution in [0.15, 0.2) is 42.5 Å². The topological polar surface area (TPSA) is 36.4 Å². The smallest absolute Gasteiger partial charge is 0.254 e. The van der Waals surface area contributed by atoms with Crippen molar-refractivity contribution in [2.75, 3.05) is 26.2 Å². The molecule has 2 aromatic carbocycles. The van der Waals surface area contributed by atoms with Crippen molar-refractivity contribution in [3.05, 3.63) is 63.1 Å². The first-order valence-corrected chi connectivity index (χ1v) is 9.98. The van der Waals surface area contributed by atoms with Gasteiger partial charge in [0.05, 0.1) is 16.8 Å². The van der Waals surface area contributed by atoms with Crippen LogP contribution in [0.3, 0.4) is 0 Å². The quantitative estimate of drug-likeness (QED) is 0.640. The summed E-state index contributed by atoms with van der Waals surface area (Å²) in [6.07, 6.45) is 0. The van der Waals surface area contributed by atoms with Crippen LogP contribution >= 0.6 is 34.5 Å². The van der Waals surface area contributed by atoms with E-state index >= 15 is 0 Å². The van der Waals surface area contributed by atoms with Crippen LogP contribution < -0.4 is 0 Å². The molecule has 0 spiro atoms. The zero-order valence-corrected chi connectivity index (χ0v) is 16.3. The van der Waals surface area contributed by atoms with E-state index in [1.165, 1.54) is 4.70 Å². The molecule has 3 aromatic rings. The number of para-hydroxylation sites is 1. The monoisotopic (exact) mass is 405 g/mol. The number of hydrogen-bond acceptors (Lipinski definition) is 4. The molecule has 0 radical (unpaired) electrons. The van der Waals surface area contributed by atoms with Gasteiger partial charge in [0.15, 0.2) is 0 Å². The summed E-state index contributed by atoms with van der Waals surface area (Å²) in [7, 11) is 0. The lowest BCUT2D eigenvalue weighted by Crippen LogP contribution is -2.48. The number of aromatic nitrogens is 1. The molecule has 4 nitrogen and oxygen atoms in total. The summed E-state index contributed by atoms with van der Waals surface area (Å²) in [5.74, 6) is -0.0194. The van der Waals surface area contributed by atoms with Gasteiger partial charge in [-0.1, -0.05) is 35.3 Å². The van der Waals surface area contributed by atoms with Gasteiger partial charge in [0.2, 0.25) is 0 Å².